The summed E-state index contributed by atoms with van der Waals surface area (Å²) in [5.41, 5.74) is 3.42. The van der Waals surface area contributed by atoms with E-state index in [0.717, 1.165) is 11.1 Å². The third-order valence-corrected chi connectivity index (χ3v) is 4.66. The summed E-state index contributed by atoms with van der Waals surface area (Å²) < 4.78 is 15.5. The molecule has 1 aromatic carbocycles. The lowest BCUT2D eigenvalue weighted by Gasteiger charge is -2.16. The molecule has 0 fully saturated rings. The van der Waals surface area contributed by atoms with Gasteiger partial charge in [-0.1, -0.05) is 12.1 Å². The first-order valence-electron chi connectivity index (χ1n) is 9.44. The molecule has 0 saturated heterocycles. The van der Waals surface area contributed by atoms with Gasteiger partial charge < -0.3 is 10.6 Å². The number of carbonyl (C=O) groups excluding carboxylic acids is 1. The van der Waals surface area contributed by atoms with Crippen LogP contribution in [0.5, 0.6) is 0 Å². The topological polar surface area (TPSA) is 103 Å². The van der Waals surface area contributed by atoms with Crippen molar-refractivity contribution in [2.45, 2.75) is 19.5 Å². The molecule has 1 atom stereocenters. The summed E-state index contributed by atoms with van der Waals surface area (Å²) in [6.07, 6.45) is 6.28. The lowest BCUT2D eigenvalue weighted by atomic mass is 10.1. The number of alkyl halides is 1. The number of aromatic nitrogens is 6. The van der Waals surface area contributed by atoms with Gasteiger partial charge in [0.1, 0.15) is 18.0 Å². The second-order valence-electron chi connectivity index (χ2n) is 6.86. The SMILES string of the molecule is C[C@H](Nc1cnc2cnn(C)c2n1)c1cccc(NC(=O)c2cnn(CCF)c2)c1. The Morgan fingerprint density at radius 3 is 2.93 bits per heavy atom. The van der Waals surface area contributed by atoms with E-state index in [2.05, 4.69) is 30.8 Å². The zero-order valence-electron chi connectivity index (χ0n) is 16.6. The van der Waals surface area contributed by atoms with Crippen LogP contribution in [0.4, 0.5) is 15.9 Å². The molecule has 0 aliphatic heterocycles. The van der Waals surface area contributed by atoms with E-state index < -0.39 is 6.67 Å². The minimum atomic E-state index is -0.534. The zero-order valence-corrected chi connectivity index (χ0v) is 16.6. The van der Waals surface area contributed by atoms with Crippen LogP contribution in [0.1, 0.15) is 28.9 Å². The maximum atomic E-state index is 12.4. The summed E-state index contributed by atoms with van der Waals surface area (Å²) in [7, 11) is 1.82. The average Bonchev–Trinajstić information content (AvgIpc) is 3.36. The van der Waals surface area contributed by atoms with E-state index in [1.165, 1.54) is 17.1 Å². The normalized spacial score (nSPS) is 12.1. The monoisotopic (exact) mass is 408 g/mol. The van der Waals surface area contributed by atoms with Crippen LogP contribution in [-0.4, -0.2) is 42.1 Å². The number of carbonyl (C=O) groups is 1. The number of rotatable bonds is 7. The predicted molar refractivity (Wildman–Crippen MR) is 111 cm³/mol. The van der Waals surface area contributed by atoms with Gasteiger partial charge >= 0.3 is 0 Å². The third kappa shape index (κ3) is 4.12. The van der Waals surface area contributed by atoms with Crippen LogP contribution in [-0.2, 0) is 13.6 Å². The molecule has 3 aromatic heterocycles. The highest BCUT2D eigenvalue weighted by Crippen LogP contribution is 2.22. The van der Waals surface area contributed by atoms with Crippen LogP contribution in [0.2, 0.25) is 0 Å². The van der Waals surface area contributed by atoms with Crippen LogP contribution in [0.3, 0.4) is 0 Å². The largest absolute Gasteiger partial charge is 0.362 e. The molecule has 3 heterocycles. The highest BCUT2D eigenvalue weighted by molar-refractivity contribution is 6.03. The van der Waals surface area contributed by atoms with Gasteiger partial charge in [0.05, 0.1) is 36.7 Å². The van der Waals surface area contributed by atoms with E-state index in [4.69, 9.17) is 0 Å². The Labute approximate surface area is 171 Å². The number of fused-ring (bicyclic) bond motifs is 1. The summed E-state index contributed by atoms with van der Waals surface area (Å²) in [6, 6.07) is 7.45. The molecule has 0 aliphatic carbocycles. The van der Waals surface area contributed by atoms with E-state index in [-0.39, 0.29) is 18.5 Å². The van der Waals surface area contributed by atoms with Gasteiger partial charge in [0.2, 0.25) is 0 Å². The first-order valence-corrected chi connectivity index (χ1v) is 9.44. The number of anilines is 2. The molecule has 0 aliphatic rings. The molecular formula is C20H21FN8O. The van der Waals surface area contributed by atoms with Crippen molar-refractivity contribution in [1.29, 1.82) is 0 Å². The van der Waals surface area contributed by atoms with Crippen molar-refractivity contribution >= 4 is 28.6 Å². The van der Waals surface area contributed by atoms with E-state index in [1.807, 2.05) is 38.2 Å². The fourth-order valence-corrected chi connectivity index (χ4v) is 3.07. The fraction of sp³-hybridized carbons (Fsp3) is 0.250. The Hall–Kier alpha value is -3.82. The minimum Gasteiger partial charge on any atom is -0.362 e. The average molecular weight is 408 g/mol. The van der Waals surface area contributed by atoms with Crippen LogP contribution in [0, 0.1) is 0 Å². The molecular weight excluding hydrogens is 387 g/mol. The molecule has 1 amide bonds. The number of benzene rings is 1. The molecule has 4 aromatic rings. The van der Waals surface area contributed by atoms with E-state index in [1.54, 1.807) is 17.1 Å². The van der Waals surface area contributed by atoms with Crippen molar-refractivity contribution in [2.75, 3.05) is 17.3 Å². The quantitative estimate of drug-likeness (QED) is 0.487. The Morgan fingerprint density at radius 2 is 2.10 bits per heavy atom. The van der Waals surface area contributed by atoms with Crippen molar-refractivity contribution in [3.63, 3.8) is 0 Å². The molecule has 4 rings (SSSR count). The first kappa shape index (κ1) is 19.5. The molecule has 10 heteroatoms. The van der Waals surface area contributed by atoms with Gasteiger partial charge in [-0.05, 0) is 24.6 Å². The highest BCUT2D eigenvalue weighted by atomic mass is 19.1. The van der Waals surface area contributed by atoms with Gasteiger partial charge in [0.25, 0.3) is 5.91 Å². The molecule has 30 heavy (non-hydrogen) atoms. The van der Waals surface area contributed by atoms with Gasteiger partial charge in [-0.2, -0.15) is 10.2 Å². The summed E-state index contributed by atoms with van der Waals surface area (Å²) in [6.45, 7) is 1.59. The predicted octanol–water partition coefficient (Wildman–Crippen LogP) is 2.95. The van der Waals surface area contributed by atoms with Crippen molar-refractivity contribution in [3.8, 4) is 0 Å². The van der Waals surface area contributed by atoms with Gasteiger partial charge in [0, 0.05) is 18.9 Å². The Kier molecular flexibility index (Phi) is 5.38. The van der Waals surface area contributed by atoms with Crippen molar-refractivity contribution in [1.82, 2.24) is 29.5 Å². The number of hydrogen-bond donors (Lipinski definition) is 2. The Morgan fingerprint density at radius 1 is 1.23 bits per heavy atom. The minimum absolute atomic E-state index is 0.0749. The first-order chi connectivity index (χ1) is 14.5. The summed E-state index contributed by atoms with van der Waals surface area (Å²) in [5, 5.41) is 14.3. The van der Waals surface area contributed by atoms with Crippen LogP contribution < -0.4 is 10.6 Å². The summed E-state index contributed by atoms with van der Waals surface area (Å²) in [4.78, 5) is 21.3. The fourth-order valence-electron chi connectivity index (χ4n) is 3.07. The number of aryl methyl sites for hydroxylation is 2. The third-order valence-electron chi connectivity index (χ3n) is 4.66. The van der Waals surface area contributed by atoms with E-state index in [9.17, 15) is 9.18 Å². The molecule has 0 bridgehead atoms. The molecule has 0 unspecified atom stereocenters. The zero-order chi connectivity index (χ0) is 21.1. The summed E-state index contributed by atoms with van der Waals surface area (Å²) >= 11 is 0. The molecule has 9 nitrogen and oxygen atoms in total. The molecule has 154 valence electrons. The van der Waals surface area contributed by atoms with Gasteiger partial charge in [-0.3, -0.25) is 9.48 Å². The van der Waals surface area contributed by atoms with Gasteiger partial charge in [0.15, 0.2) is 5.65 Å². The second-order valence-corrected chi connectivity index (χ2v) is 6.86. The van der Waals surface area contributed by atoms with Crippen molar-refractivity contribution in [2.24, 2.45) is 7.05 Å². The highest BCUT2D eigenvalue weighted by Gasteiger charge is 2.12. The van der Waals surface area contributed by atoms with Gasteiger partial charge in [-0.25, -0.2) is 19.0 Å². The number of halogens is 1. The lowest BCUT2D eigenvalue weighted by molar-refractivity contribution is 0.102. The maximum Gasteiger partial charge on any atom is 0.258 e. The van der Waals surface area contributed by atoms with Crippen LogP contribution in [0.25, 0.3) is 11.2 Å². The molecule has 0 radical (unpaired) electrons. The molecule has 0 saturated carbocycles. The smallest absolute Gasteiger partial charge is 0.258 e. The summed E-state index contributed by atoms with van der Waals surface area (Å²) in [5.74, 6) is 0.332. The standard InChI is InChI=1S/C20H21FN8O/c1-13(25-18-11-22-17-10-23-28(2)19(17)27-18)14-4-3-5-16(8-14)26-20(30)15-9-24-29(12-15)7-6-21/h3-5,8-13H,6-7H2,1-2H3,(H,25,27)(H,26,30)/t13-/m0/s1. The molecule has 0 spiro atoms. The van der Waals surface area contributed by atoms with Crippen LogP contribution in [0.15, 0.2) is 49.1 Å². The lowest BCUT2D eigenvalue weighted by Crippen LogP contribution is -2.13. The van der Waals surface area contributed by atoms with Gasteiger partial charge in [-0.15, -0.1) is 0 Å². The number of amides is 1. The maximum absolute atomic E-state index is 12.4. The second kappa shape index (κ2) is 8.27. The molecule has 2 N–H and O–H groups in total. The Bertz CT molecular complexity index is 1180. The number of nitrogens with one attached hydrogen (secondary N) is 2. The van der Waals surface area contributed by atoms with E-state index >= 15 is 0 Å². The number of hydrogen-bond acceptors (Lipinski definition) is 6. The Balaban J connectivity index is 1.46. The van der Waals surface area contributed by atoms with Crippen molar-refractivity contribution in [3.05, 3.63) is 60.2 Å². The van der Waals surface area contributed by atoms with Crippen molar-refractivity contribution < 1.29 is 9.18 Å². The number of nitrogens with zero attached hydrogens (tertiary/aromatic N) is 6. The van der Waals surface area contributed by atoms with Crippen LogP contribution >= 0.6 is 0 Å². The van der Waals surface area contributed by atoms with E-state index in [0.29, 0.717) is 22.7 Å².